The Morgan fingerprint density at radius 1 is 1.56 bits per heavy atom. The Labute approximate surface area is 104 Å². The highest BCUT2D eigenvalue weighted by Crippen LogP contribution is 2.21. The summed E-state index contributed by atoms with van der Waals surface area (Å²) in [5.41, 5.74) is 7.66. The molecule has 4 nitrogen and oxygen atoms in total. The number of halogens is 1. The van der Waals surface area contributed by atoms with E-state index in [1.807, 2.05) is 22.8 Å². The second-order valence-corrected chi connectivity index (χ2v) is 6.00. The molecule has 0 saturated carbocycles. The molecule has 0 saturated heterocycles. The molecule has 0 aliphatic heterocycles. The maximum atomic E-state index is 11.1. The Hall–Kier alpha value is -0.880. The summed E-state index contributed by atoms with van der Waals surface area (Å²) in [5.74, 6) is 1.06. The summed E-state index contributed by atoms with van der Waals surface area (Å²) in [6.07, 6.45) is 1.69. The molecular weight excluding hydrogens is 290 g/mol. The van der Waals surface area contributed by atoms with E-state index in [0.717, 1.165) is 15.5 Å². The lowest BCUT2D eigenvalue weighted by atomic mass is 10.3. The highest BCUT2D eigenvalue weighted by Gasteiger charge is 2.08. The fourth-order valence-electron chi connectivity index (χ4n) is 1.57. The summed E-state index contributed by atoms with van der Waals surface area (Å²) in [5, 5.41) is 0. The van der Waals surface area contributed by atoms with Crippen molar-refractivity contribution in [1.29, 1.82) is 0 Å². The van der Waals surface area contributed by atoms with Crippen molar-refractivity contribution in [1.82, 2.24) is 9.55 Å². The average Bonchev–Trinajstić information content (AvgIpc) is 2.51. The normalized spacial score (nSPS) is 13.1. The van der Waals surface area contributed by atoms with Gasteiger partial charge in [0, 0.05) is 33.8 Å². The van der Waals surface area contributed by atoms with Crippen molar-refractivity contribution in [2.45, 2.75) is 6.54 Å². The van der Waals surface area contributed by atoms with Gasteiger partial charge in [-0.05, 0) is 18.2 Å². The van der Waals surface area contributed by atoms with Crippen molar-refractivity contribution in [3.05, 3.63) is 22.7 Å². The third kappa shape index (κ3) is 2.27. The molecule has 1 heterocycles. The van der Waals surface area contributed by atoms with Crippen LogP contribution in [0.25, 0.3) is 11.0 Å². The third-order valence-corrected chi connectivity index (χ3v) is 3.59. The molecule has 2 N–H and O–H groups in total. The summed E-state index contributed by atoms with van der Waals surface area (Å²) >= 11 is 3.41. The van der Waals surface area contributed by atoms with Gasteiger partial charge in [0.15, 0.2) is 0 Å². The topological polar surface area (TPSA) is 60.9 Å². The van der Waals surface area contributed by atoms with Gasteiger partial charge in [-0.3, -0.25) is 4.21 Å². The van der Waals surface area contributed by atoms with Gasteiger partial charge in [-0.15, -0.1) is 0 Å². The second kappa shape index (κ2) is 4.55. The fraction of sp³-hybridized carbons (Fsp3) is 0.300. The largest absolute Gasteiger partial charge is 0.369 e. The number of nitrogens with two attached hydrogens (primary N) is 1. The Bertz CT molecular complexity index is 552. The van der Waals surface area contributed by atoms with E-state index in [4.69, 9.17) is 5.73 Å². The van der Waals surface area contributed by atoms with E-state index >= 15 is 0 Å². The van der Waals surface area contributed by atoms with Gasteiger partial charge < -0.3 is 10.3 Å². The molecule has 1 atom stereocenters. The predicted octanol–water partition coefficient (Wildman–Crippen LogP) is 1.76. The van der Waals surface area contributed by atoms with E-state index < -0.39 is 10.8 Å². The standard InChI is InChI=1S/C10H12BrN3OS/c1-16(15)5-4-14-9-6-7(11)2-3-8(9)13-10(14)12/h2-3,6H,4-5H2,1H3,(H2,12,13). The highest BCUT2D eigenvalue weighted by atomic mass is 79.9. The number of anilines is 1. The summed E-state index contributed by atoms with van der Waals surface area (Å²) in [6, 6.07) is 5.81. The summed E-state index contributed by atoms with van der Waals surface area (Å²) < 4.78 is 14.0. The van der Waals surface area contributed by atoms with Gasteiger partial charge in [-0.25, -0.2) is 4.98 Å². The Morgan fingerprint density at radius 2 is 2.31 bits per heavy atom. The lowest BCUT2D eigenvalue weighted by Gasteiger charge is -2.04. The number of fused-ring (bicyclic) bond motifs is 1. The van der Waals surface area contributed by atoms with Crippen molar-refractivity contribution < 1.29 is 4.21 Å². The molecule has 0 aliphatic carbocycles. The van der Waals surface area contributed by atoms with E-state index in [1.54, 1.807) is 6.26 Å². The van der Waals surface area contributed by atoms with Crippen molar-refractivity contribution in [3.8, 4) is 0 Å². The highest BCUT2D eigenvalue weighted by molar-refractivity contribution is 9.10. The molecule has 6 heteroatoms. The molecule has 0 spiro atoms. The van der Waals surface area contributed by atoms with Gasteiger partial charge in [-0.2, -0.15) is 0 Å². The second-order valence-electron chi connectivity index (χ2n) is 3.53. The average molecular weight is 302 g/mol. The molecule has 0 fully saturated rings. The first-order valence-electron chi connectivity index (χ1n) is 4.79. The third-order valence-electron chi connectivity index (χ3n) is 2.34. The van der Waals surface area contributed by atoms with E-state index in [-0.39, 0.29) is 0 Å². The lowest BCUT2D eigenvalue weighted by molar-refractivity contribution is 0.680. The molecule has 2 aromatic rings. The molecule has 1 aromatic heterocycles. The molecule has 1 unspecified atom stereocenters. The van der Waals surface area contributed by atoms with Crippen LogP contribution in [0, 0.1) is 0 Å². The SMILES string of the molecule is CS(=O)CCn1c(N)nc2ccc(Br)cc21. The monoisotopic (exact) mass is 301 g/mol. The lowest BCUT2D eigenvalue weighted by Crippen LogP contribution is -2.09. The van der Waals surface area contributed by atoms with Crippen LogP contribution in [0.3, 0.4) is 0 Å². The number of rotatable bonds is 3. The molecule has 86 valence electrons. The smallest absolute Gasteiger partial charge is 0.201 e. The summed E-state index contributed by atoms with van der Waals surface area (Å²) in [6.45, 7) is 0.627. The number of hydrogen-bond acceptors (Lipinski definition) is 3. The Morgan fingerprint density at radius 3 is 3.00 bits per heavy atom. The van der Waals surface area contributed by atoms with Crippen molar-refractivity contribution in [2.75, 3.05) is 17.7 Å². The minimum absolute atomic E-state index is 0.471. The van der Waals surface area contributed by atoms with Crippen molar-refractivity contribution >= 4 is 43.7 Å². The zero-order chi connectivity index (χ0) is 11.7. The van der Waals surface area contributed by atoms with Gasteiger partial charge in [0.2, 0.25) is 5.95 Å². The van der Waals surface area contributed by atoms with Crippen LogP contribution < -0.4 is 5.73 Å². The van der Waals surface area contributed by atoms with Gasteiger partial charge in [0.1, 0.15) is 0 Å². The minimum atomic E-state index is -0.823. The van der Waals surface area contributed by atoms with E-state index in [0.29, 0.717) is 18.2 Å². The molecule has 0 amide bonds. The van der Waals surface area contributed by atoms with Crippen molar-refractivity contribution in [2.24, 2.45) is 0 Å². The molecule has 2 rings (SSSR count). The van der Waals surface area contributed by atoms with E-state index in [9.17, 15) is 4.21 Å². The van der Waals surface area contributed by atoms with Gasteiger partial charge in [0.25, 0.3) is 0 Å². The van der Waals surface area contributed by atoms with E-state index in [2.05, 4.69) is 20.9 Å². The number of imidazole rings is 1. The zero-order valence-corrected chi connectivity index (χ0v) is 11.2. The first kappa shape index (κ1) is 11.6. The number of aryl methyl sites for hydroxylation is 1. The Balaban J connectivity index is 2.45. The number of benzene rings is 1. The number of aromatic nitrogens is 2. The number of nitrogen functional groups attached to an aromatic ring is 1. The van der Waals surface area contributed by atoms with Crippen LogP contribution >= 0.6 is 15.9 Å². The van der Waals surface area contributed by atoms with Gasteiger partial charge >= 0.3 is 0 Å². The Kier molecular flexibility index (Phi) is 3.30. The van der Waals surface area contributed by atoms with Crippen LogP contribution in [-0.2, 0) is 17.3 Å². The molecule has 0 radical (unpaired) electrons. The molecule has 0 bridgehead atoms. The number of nitrogens with zero attached hydrogens (tertiary/aromatic N) is 2. The van der Waals surface area contributed by atoms with Gasteiger partial charge in [-0.1, -0.05) is 15.9 Å². The molecule has 16 heavy (non-hydrogen) atoms. The van der Waals surface area contributed by atoms with Crippen LogP contribution in [-0.4, -0.2) is 25.8 Å². The summed E-state index contributed by atoms with van der Waals surface area (Å²) in [4.78, 5) is 4.25. The molecule has 0 aliphatic rings. The zero-order valence-electron chi connectivity index (χ0n) is 8.81. The van der Waals surface area contributed by atoms with Crippen LogP contribution in [0.4, 0.5) is 5.95 Å². The molecule has 1 aromatic carbocycles. The maximum absolute atomic E-state index is 11.1. The maximum Gasteiger partial charge on any atom is 0.201 e. The van der Waals surface area contributed by atoms with Crippen LogP contribution in [0.5, 0.6) is 0 Å². The van der Waals surface area contributed by atoms with Crippen molar-refractivity contribution in [3.63, 3.8) is 0 Å². The van der Waals surface area contributed by atoms with Crippen LogP contribution in [0.1, 0.15) is 0 Å². The van der Waals surface area contributed by atoms with Crippen LogP contribution in [0.2, 0.25) is 0 Å². The summed E-state index contributed by atoms with van der Waals surface area (Å²) in [7, 11) is -0.823. The van der Waals surface area contributed by atoms with E-state index in [1.165, 1.54) is 0 Å². The van der Waals surface area contributed by atoms with Gasteiger partial charge in [0.05, 0.1) is 11.0 Å². The predicted molar refractivity (Wildman–Crippen MR) is 70.8 cm³/mol. The molecular formula is C10H12BrN3OS. The van der Waals surface area contributed by atoms with Crippen LogP contribution in [0.15, 0.2) is 22.7 Å². The quantitative estimate of drug-likeness (QED) is 0.940. The fourth-order valence-corrected chi connectivity index (χ4v) is 2.36. The first-order valence-corrected chi connectivity index (χ1v) is 7.31. The number of hydrogen-bond donors (Lipinski definition) is 1. The minimum Gasteiger partial charge on any atom is -0.369 e. The first-order chi connectivity index (χ1) is 7.58.